The zero-order chi connectivity index (χ0) is 20.2. The average Bonchev–Trinajstić information content (AvgIpc) is 3.37. The normalized spacial score (nSPS) is 14.0. The zero-order valence-corrected chi connectivity index (χ0v) is 17.0. The molecule has 1 N–H and O–H groups in total. The quantitative estimate of drug-likeness (QED) is 0.482. The van der Waals surface area contributed by atoms with E-state index in [1.54, 1.807) is 6.20 Å². The maximum Gasteiger partial charge on any atom is 0.174 e. The molecule has 4 heterocycles. The van der Waals surface area contributed by atoms with Crippen LogP contribution in [-0.2, 0) is 25.8 Å². The summed E-state index contributed by atoms with van der Waals surface area (Å²) >= 11 is 0. The van der Waals surface area contributed by atoms with Crippen LogP contribution < -0.4 is 0 Å². The third kappa shape index (κ3) is 4.32. The van der Waals surface area contributed by atoms with Crippen molar-refractivity contribution in [3.8, 4) is 11.5 Å². The van der Waals surface area contributed by atoms with E-state index in [-0.39, 0.29) is 0 Å². The van der Waals surface area contributed by atoms with Gasteiger partial charge < -0.3 is 4.98 Å². The van der Waals surface area contributed by atoms with Crippen LogP contribution in [0.2, 0.25) is 0 Å². The molecule has 5 rings (SSSR count). The van der Waals surface area contributed by atoms with Crippen LogP contribution in [-0.4, -0.2) is 29.7 Å². The summed E-state index contributed by atoms with van der Waals surface area (Å²) in [5.74, 6) is 2.57. The van der Waals surface area contributed by atoms with Crippen molar-refractivity contribution in [2.75, 3.05) is 0 Å². The Kier molecular flexibility index (Phi) is 5.38. The van der Waals surface area contributed by atoms with Gasteiger partial charge in [-0.05, 0) is 59.7 Å². The molecular weight excluding hydrogens is 372 g/mol. The second-order valence-corrected chi connectivity index (χ2v) is 8.14. The van der Waals surface area contributed by atoms with Gasteiger partial charge in [0.05, 0.1) is 5.69 Å². The number of pyridine rings is 2. The highest BCUT2D eigenvalue weighted by Gasteiger charge is 2.20. The lowest BCUT2D eigenvalue weighted by molar-refractivity contribution is 0.314. The number of hydrogen-bond donors (Lipinski definition) is 1. The Morgan fingerprint density at radius 1 is 1.00 bits per heavy atom. The molecule has 1 aliphatic carbocycles. The van der Waals surface area contributed by atoms with Crippen LogP contribution in [0.3, 0.4) is 0 Å². The maximum atomic E-state index is 4.90. The highest BCUT2D eigenvalue weighted by Crippen LogP contribution is 2.30. The second kappa shape index (κ2) is 8.61. The van der Waals surface area contributed by atoms with E-state index in [1.807, 2.05) is 29.3 Å². The molecule has 152 valence electrons. The minimum Gasteiger partial charge on any atom is -0.358 e. The molecule has 0 aliphatic heterocycles. The summed E-state index contributed by atoms with van der Waals surface area (Å²) in [6, 6.07) is 10.4. The van der Waals surface area contributed by atoms with E-state index in [9.17, 15) is 0 Å². The van der Waals surface area contributed by atoms with Gasteiger partial charge in [-0.1, -0.05) is 25.3 Å². The summed E-state index contributed by atoms with van der Waals surface area (Å²) in [6.45, 7) is 0.774. The standard InChI is InChI=1S/C24H26N6/c1-3-19(4-1)13-21-14-22(27-17-21)24-28-23(15-20-5-2-9-26-16-20)29-30(24)12-8-18-6-10-25-11-7-18/h2,5-7,9-11,14,16-17,19,27H,1,3-4,8,12-13,15H2. The van der Waals surface area contributed by atoms with E-state index in [0.29, 0.717) is 6.42 Å². The van der Waals surface area contributed by atoms with Gasteiger partial charge in [0.25, 0.3) is 0 Å². The van der Waals surface area contributed by atoms with Crippen molar-refractivity contribution in [3.63, 3.8) is 0 Å². The molecule has 0 amide bonds. The number of rotatable bonds is 8. The van der Waals surface area contributed by atoms with Gasteiger partial charge in [0, 0.05) is 43.9 Å². The lowest BCUT2D eigenvalue weighted by atomic mass is 9.81. The fraction of sp³-hybridized carbons (Fsp3) is 0.333. The third-order valence-corrected chi connectivity index (χ3v) is 5.90. The first kappa shape index (κ1) is 18.7. The van der Waals surface area contributed by atoms with E-state index in [1.165, 1.54) is 30.4 Å². The molecule has 1 fully saturated rings. The molecule has 0 aromatic carbocycles. The number of hydrogen-bond acceptors (Lipinski definition) is 4. The van der Waals surface area contributed by atoms with Crippen LogP contribution in [0.25, 0.3) is 11.5 Å². The van der Waals surface area contributed by atoms with Crippen molar-refractivity contribution in [2.24, 2.45) is 5.92 Å². The minimum atomic E-state index is 0.679. The summed E-state index contributed by atoms with van der Waals surface area (Å²) in [5.41, 5.74) is 4.78. The Morgan fingerprint density at radius 3 is 2.67 bits per heavy atom. The van der Waals surface area contributed by atoms with E-state index >= 15 is 0 Å². The van der Waals surface area contributed by atoms with Gasteiger partial charge >= 0.3 is 0 Å². The van der Waals surface area contributed by atoms with Crippen LogP contribution in [0.4, 0.5) is 0 Å². The Morgan fingerprint density at radius 2 is 1.90 bits per heavy atom. The summed E-state index contributed by atoms with van der Waals surface area (Å²) in [5, 5.41) is 4.84. The van der Waals surface area contributed by atoms with Crippen LogP contribution in [0, 0.1) is 5.92 Å². The highest BCUT2D eigenvalue weighted by molar-refractivity contribution is 5.52. The van der Waals surface area contributed by atoms with Gasteiger partial charge in [0.15, 0.2) is 11.6 Å². The average molecular weight is 399 g/mol. The first-order valence-corrected chi connectivity index (χ1v) is 10.7. The van der Waals surface area contributed by atoms with Crippen molar-refractivity contribution in [2.45, 2.75) is 45.1 Å². The van der Waals surface area contributed by atoms with E-state index in [4.69, 9.17) is 10.1 Å². The van der Waals surface area contributed by atoms with Crippen molar-refractivity contribution < 1.29 is 0 Å². The molecule has 1 aliphatic rings. The van der Waals surface area contributed by atoms with Crippen LogP contribution in [0.1, 0.15) is 41.8 Å². The number of aryl methyl sites for hydroxylation is 2. The summed E-state index contributed by atoms with van der Waals surface area (Å²) in [6.07, 6.45) is 16.3. The molecular formula is C24H26N6. The predicted molar refractivity (Wildman–Crippen MR) is 116 cm³/mol. The first-order chi connectivity index (χ1) is 14.8. The van der Waals surface area contributed by atoms with Gasteiger partial charge in [-0.2, -0.15) is 5.10 Å². The van der Waals surface area contributed by atoms with Crippen molar-refractivity contribution in [1.29, 1.82) is 0 Å². The van der Waals surface area contributed by atoms with E-state index in [2.05, 4.69) is 45.4 Å². The van der Waals surface area contributed by atoms with Gasteiger partial charge in [0.1, 0.15) is 0 Å². The molecule has 0 unspecified atom stereocenters. The Labute approximate surface area is 176 Å². The summed E-state index contributed by atoms with van der Waals surface area (Å²) < 4.78 is 2.03. The predicted octanol–water partition coefficient (Wildman–Crippen LogP) is 4.24. The molecule has 0 spiro atoms. The molecule has 30 heavy (non-hydrogen) atoms. The summed E-state index contributed by atoms with van der Waals surface area (Å²) in [7, 11) is 0. The van der Waals surface area contributed by atoms with Crippen molar-refractivity contribution in [3.05, 3.63) is 83.8 Å². The fourth-order valence-corrected chi connectivity index (χ4v) is 4.01. The number of aromatic amines is 1. The molecule has 6 heteroatoms. The monoisotopic (exact) mass is 398 g/mol. The highest BCUT2D eigenvalue weighted by atomic mass is 15.3. The topological polar surface area (TPSA) is 72.3 Å². The molecule has 0 bridgehead atoms. The smallest absolute Gasteiger partial charge is 0.174 e. The Bertz CT molecular complexity index is 1080. The molecule has 6 nitrogen and oxygen atoms in total. The first-order valence-electron chi connectivity index (χ1n) is 10.7. The van der Waals surface area contributed by atoms with Crippen molar-refractivity contribution in [1.82, 2.24) is 29.7 Å². The maximum absolute atomic E-state index is 4.90. The second-order valence-electron chi connectivity index (χ2n) is 8.14. The SMILES string of the molecule is c1cncc(Cc2nc(-c3cc(CC4CCC4)c[nH]3)n(CCc3ccncc3)n2)c1. The molecule has 0 saturated heterocycles. The lowest BCUT2D eigenvalue weighted by Crippen LogP contribution is -2.13. The van der Waals surface area contributed by atoms with Gasteiger partial charge in [0.2, 0.25) is 0 Å². The number of aromatic nitrogens is 6. The number of nitrogens with zero attached hydrogens (tertiary/aromatic N) is 5. The van der Waals surface area contributed by atoms with E-state index in [0.717, 1.165) is 48.2 Å². The van der Waals surface area contributed by atoms with Crippen LogP contribution in [0.5, 0.6) is 0 Å². The molecule has 4 aromatic heterocycles. The van der Waals surface area contributed by atoms with Gasteiger partial charge in [-0.15, -0.1) is 0 Å². The lowest BCUT2D eigenvalue weighted by Gasteiger charge is -2.24. The summed E-state index contributed by atoms with van der Waals surface area (Å²) in [4.78, 5) is 16.7. The Hall–Kier alpha value is -3.28. The number of nitrogens with one attached hydrogen (secondary N) is 1. The van der Waals surface area contributed by atoms with Gasteiger partial charge in [-0.3, -0.25) is 9.97 Å². The van der Waals surface area contributed by atoms with E-state index < -0.39 is 0 Å². The van der Waals surface area contributed by atoms with Gasteiger partial charge in [-0.25, -0.2) is 9.67 Å². The third-order valence-electron chi connectivity index (χ3n) is 5.90. The number of H-pyrrole nitrogens is 1. The fourth-order valence-electron chi connectivity index (χ4n) is 4.01. The molecule has 4 aromatic rings. The Balaban J connectivity index is 1.39. The molecule has 1 saturated carbocycles. The zero-order valence-electron chi connectivity index (χ0n) is 17.0. The molecule has 0 atom stereocenters. The minimum absolute atomic E-state index is 0.679. The van der Waals surface area contributed by atoms with Crippen LogP contribution in [0.15, 0.2) is 61.3 Å². The largest absolute Gasteiger partial charge is 0.358 e. The van der Waals surface area contributed by atoms with Crippen molar-refractivity contribution >= 4 is 0 Å². The van der Waals surface area contributed by atoms with Crippen LogP contribution >= 0.6 is 0 Å². The molecule has 0 radical (unpaired) electrons.